The smallest absolute Gasteiger partial charge is 0.222 e. The summed E-state index contributed by atoms with van der Waals surface area (Å²) in [5, 5.41) is 0. The summed E-state index contributed by atoms with van der Waals surface area (Å²) in [7, 11) is 1.74. The highest BCUT2D eigenvalue weighted by Crippen LogP contribution is 2.44. The third-order valence-electron chi connectivity index (χ3n) is 7.39. The minimum absolute atomic E-state index is 0.105. The summed E-state index contributed by atoms with van der Waals surface area (Å²) < 4.78 is 19.5. The minimum atomic E-state index is -0.230. The van der Waals surface area contributed by atoms with Crippen molar-refractivity contribution in [1.29, 1.82) is 0 Å². The molecule has 30 heavy (non-hydrogen) atoms. The lowest BCUT2D eigenvalue weighted by Gasteiger charge is -2.61. The van der Waals surface area contributed by atoms with Gasteiger partial charge in [-0.25, -0.2) is 4.39 Å². The van der Waals surface area contributed by atoms with Crippen LogP contribution in [0.2, 0.25) is 0 Å². The number of halogens is 1. The van der Waals surface area contributed by atoms with Crippen molar-refractivity contribution < 1.29 is 18.7 Å². The number of likely N-dealkylation sites (tertiary alicyclic amines) is 2. The molecule has 0 N–H and O–H groups in total. The monoisotopic (exact) mass is 417 g/mol. The zero-order valence-electron chi connectivity index (χ0n) is 18.0. The molecule has 1 spiro atoms. The van der Waals surface area contributed by atoms with Crippen LogP contribution in [-0.4, -0.2) is 73.1 Å². The number of rotatable bonds is 4. The molecular formula is C23H32FN3O3. The molecule has 2 amide bonds. The third kappa shape index (κ3) is 3.92. The van der Waals surface area contributed by atoms with E-state index < -0.39 is 0 Å². The summed E-state index contributed by atoms with van der Waals surface area (Å²) >= 11 is 0. The number of methoxy groups -OCH3 is 1. The zero-order valence-corrected chi connectivity index (χ0v) is 18.0. The number of anilines is 1. The molecule has 0 radical (unpaired) electrons. The number of amides is 2. The van der Waals surface area contributed by atoms with Gasteiger partial charge in [-0.3, -0.25) is 9.59 Å². The second kappa shape index (κ2) is 8.53. The lowest BCUT2D eigenvalue weighted by atomic mass is 9.73. The molecule has 0 aliphatic carbocycles. The van der Waals surface area contributed by atoms with Crippen LogP contribution in [0.25, 0.3) is 0 Å². The fraction of sp³-hybridized carbons (Fsp3) is 0.652. The Morgan fingerprint density at radius 2 is 1.83 bits per heavy atom. The second-order valence-corrected chi connectivity index (χ2v) is 8.95. The third-order valence-corrected chi connectivity index (χ3v) is 7.39. The van der Waals surface area contributed by atoms with Gasteiger partial charge in [-0.1, -0.05) is 6.07 Å². The van der Waals surface area contributed by atoms with Crippen molar-refractivity contribution in [1.82, 2.24) is 9.80 Å². The average molecular weight is 418 g/mol. The number of hydrogen-bond donors (Lipinski definition) is 0. The van der Waals surface area contributed by atoms with E-state index in [1.165, 1.54) is 6.07 Å². The van der Waals surface area contributed by atoms with Crippen LogP contribution in [0.1, 0.15) is 39.0 Å². The maximum Gasteiger partial charge on any atom is 0.222 e. The predicted octanol–water partition coefficient (Wildman–Crippen LogP) is 2.67. The molecular weight excluding hydrogens is 385 g/mol. The maximum atomic E-state index is 13.7. The molecule has 3 fully saturated rings. The van der Waals surface area contributed by atoms with E-state index in [4.69, 9.17) is 4.74 Å². The SMILES string of the molecule is COC1CN(c2cccc(F)c2)C12CCN(C(=O)CC1CCN(C(C)=O)CC1)CC2. The predicted molar refractivity (Wildman–Crippen MR) is 113 cm³/mol. The summed E-state index contributed by atoms with van der Waals surface area (Å²) in [6.45, 7) is 5.29. The van der Waals surface area contributed by atoms with Crippen LogP contribution in [0.5, 0.6) is 0 Å². The molecule has 3 aliphatic heterocycles. The topological polar surface area (TPSA) is 53.1 Å². The molecule has 0 bridgehead atoms. The van der Waals surface area contributed by atoms with Crippen molar-refractivity contribution >= 4 is 17.5 Å². The fourth-order valence-corrected chi connectivity index (χ4v) is 5.44. The van der Waals surface area contributed by atoms with Gasteiger partial charge in [0.1, 0.15) is 5.82 Å². The van der Waals surface area contributed by atoms with E-state index >= 15 is 0 Å². The van der Waals surface area contributed by atoms with Gasteiger partial charge in [0.2, 0.25) is 11.8 Å². The number of ether oxygens (including phenoxy) is 1. The molecule has 3 heterocycles. The minimum Gasteiger partial charge on any atom is -0.377 e. The summed E-state index contributed by atoms with van der Waals surface area (Å²) in [6, 6.07) is 6.74. The van der Waals surface area contributed by atoms with Crippen LogP contribution >= 0.6 is 0 Å². The lowest BCUT2D eigenvalue weighted by molar-refractivity contribution is -0.136. The van der Waals surface area contributed by atoms with Crippen LogP contribution in [0, 0.1) is 11.7 Å². The van der Waals surface area contributed by atoms with Gasteiger partial charge in [0.15, 0.2) is 0 Å². The molecule has 164 valence electrons. The maximum absolute atomic E-state index is 13.7. The molecule has 1 aromatic carbocycles. The van der Waals surface area contributed by atoms with Crippen LogP contribution in [0.15, 0.2) is 24.3 Å². The van der Waals surface area contributed by atoms with Crippen molar-refractivity contribution in [3.05, 3.63) is 30.1 Å². The number of carbonyl (C=O) groups excluding carboxylic acids is 2. The van der Waals surface area contributed by atoms with E-state index in [0.29, 0.717) is 25.4 Å². The molecule has 1 unspecified atom stereocenters. The van der Waals surface area contributed by atoms with Crippen LogP contribution in [0.4, 0.5) is 10.1 Å². The number of hydrogen-bond acceptors (Lipinski definition) is 4. The highest BCUT2D eigenvalue weighted by Gasteiger charge is 2.55. The van der Waals surface area contributed by atoms with E-state index in [2.05, 4.69) is 4.90 Å². The Labute approximate surface area is 177 Å². The first kappa shape index (κ1) is 21.1. The lowest BCUT2D eigenvalue weighted by Crippen LogP contribution is -2.74. The highest BCUT2D eigenvalue weighted by molar-refractivity contribution is 5.77. The van der Waals surface area contributed by atoms with Gasteiger partial charge in [-0.05, 0) is 49.8 Å². The summed E-state index contributed by atoms with van der Waals surface area (Å²) in [5.41, 5.74) is 0.729. The van der Waals surface area contributed by atoms with E-state index in [-0.39, 0.29) is 29.3 Å². The zero-order chi connectivity index (χ0) is 21.3. The van der Waals surface area contributed by atoms with Crippen LogP contribution in [-0.2, 0) is 14.3 Å². The van der Waals surface area contributed by atoms with E-state index in [1.54, 1.807) is 26.2 Å². The van der Waals surface area contributed by atoms with Gasteiger partial charge >= 0.3 is 0 Å². The van der Waals surface area contributed by atoms with Gasteiger partial charge in [0, 0.05) is 58.9 Å². The van der Waals surface area contributed by atoms with E-state index in [9.17, 15) is 14.0 Å². The first-order chi connectivity index (χ1) is 14.4. The Bertz CT molecular complexity index is 786. The first-order valence-electron chi connectivity index (χ1n) is 11.0. The van der Waals surface area contributed by atoms with Crippen molar-refractivity contribution in [2.45, 2.75) is 50.7 Å². The average Bonchev–Trinajstić information content (AvgIpc) is 2.74. The molecule has 0 aromatic heterocycles. The molecule has 3 saturated heterocycles. The van der Waals surface area contributed by atoms with Crippen LogP contribution < -0.4 is 4.90 Å². The summed E-state index contributed by atoms with van der Waals surface area (Å²) in [4.78, 5) is 30.5. The number of carbonyl (C=O) groups is 2. The largest absolute Gasteiger partial charge is 0.377 e. The quantitative estimate of drug-likeness (QED) is 0.756. The van der Waals surface area contributed by atoms with Crippen molar-refractivity contribution in [2.24, 2.45) is 5.92 Å². The van der Waals surface area contributed by atoms with Gasteiger partial charge in [0.05, 0.1) is 11.6 Å². The number of benzene rings is 1. The summed E-state index contributed by atoms with van der Waals surface area (Å²) in [5.74, 6) is 0.476. The molecule has 0 saturated carbocycles. The Morgan fingerprint density at radius 3 is 2.43 bits per heavy atom. The fourth-order valence-electron chi connectivity index (χ4n) is 5.44. The van der Waals surface area contributed by atoms with E-state index in [0.717, 1.165) is 51.0 Å². The standard InChI is InChI=1S/C23H32FN3O3/c1-17(28)25-10-6-18(7-11-25)14-22(29)26-12-8-23(9-13-26)21(30-2)16-27(23)20-5-3-4-19(24)15-20/h3-5,15,18,21H,6-14,16H2,1-2H3. The van der Waals surface area contributed by atoms with Crippen molar-refractivity contribution in [3.63, 3.8) is 0 Å². The van der Waals surface area contributed by atoms with Gasteiger partial charge in [0.25, 0.3) is 0 Å². The van der Waals surface area contributed by atoms with Crippen LogP contribution in [0.3, 0.4) is 0 Å². The first-order valence-corrected chi connectivity index (χ1v) is 11.0. The normalized spacial score (nSPS) is 24.1. The molecule has 1 aromatic rings. The second-order valence-electron chi connectivity index (χ2n) is 8.95. The molecule has 6 nitrogen and oxygen atoms in total. The number of piperidine rings is 2. The summed E-state index contributed by atoms with van der Waals surface area (Å²) in [6.07, 6.45) is 4.14. The molecule has 4 rings (SSSR count). The Hall–Kier alpha value is -2.15. The van der Waals surface area contributed by atoms with Crippen molar-refractivity contribution in [2.75, 3.05) is 44.7 Å². The molecule has 7 heteroatoms. The molecule has 3 aliphatic rings. The molecule has 1 atom stereocenters. The number of nitrogens with zero attached hydrogens (tertiary/aromatic N) is 3. The Morgan fingerprint density at radius 1 is 1.13 bits per heavy atom. The van der Waals surface area contributed by atoms with Crippen molar-refractivity contribution in [3.8, 4) is 0 Å². The van der Waals surface area contributed by atoms with E-state index in [1.807, 2.05) is 15.9 Å². The Balaban J connectivity index is 1.34. The van der Waals surface area contributed by atoms with Gasteiger partial charge in [-0.15, -0.1) is 0 Å². The van der Waals surface area contributed by atoms with Gasteiger partial charge < -0.3 is 19.4 Å². The van der Waals surface area contributed by atoms with Gasteiger partial charge in [-0.2, -0.15) is 0 Å². The Kier molecular flexibility index (Phi) is 6.00. The highest BCUT2D eigenvalue weighted by atomic mass is 19.1.